The average Bonchev–Trinajstić information content (AvgIpc) is 3.82. The number of hydrogen-bond donors (Lipinski definition) is 0. The molecular formula is C42H40F12N4O2P2. The maximum atomic E-state index is 9.87. The molecule has 0 aliphatic carbocycles. The van der Waals surface area contributed by atoms with Crippen LogP contribution in [-0.4, -0.2) is 35.6 Å². The third-order valence-electron chi connectivity index (χ3n) is 9.30. The van der Waals surface area contributed by atoms with Crippen LogP contribution in [0.3, 0.4) is 0 Å². The second-order valence-electron chi connectivity index (χ2n) is 14.4. The first-order chi connectivity index (χ1) is 28.7. The molecule has 2 aromatic heterocycles. The summed E-state index contributed by atoms with van der Waals surface area (Å²) in [5.41, 5.74) is 2.71. The molecule has 8 aromatic rings. The number of fused-ring (bicyclic) bond motifs is 4. The first-order valence-corrected chi connectivity index (χ1v) is 22.9. The van der Waals surface area contributed by atoms with Crippen molar-refractivity contribution in [3.05, 3.63) is 158 Å². The topological polar surface area (TPSA) is 36.1 Å². The van der Waals surface area contributed by atoms with Gasteiger partial charge < -0.3 is 9.47 Å². The summed E-state index contributed by atoms with van der Waals surface area (Å²) in [6.07, 6.45) is 12.9. The van der Waals surface area contributed by atoms with E-state index < -0.39 is 15.6 Å². The van der Waals surface area contributed by atoms with Gasteiger partial charge in [-0.25, -0.2) is 18.3 Å². The number of halogens is 12. The quantitative estimate of drug-likeness (QED) is 0.0380. The molecule has 0 spiro atoms. The van der Waals surface area contributed by atoms with E-state index in [-0.39, 0.29) is 0 Å². The van der Waals surface area contributed by atoms with E-state index in [1.54, 1.807) is 0 Å². The number of nitrogens with zero attached hydrogens (tertiary/aromatic N) is 4. The Balaban J connectivity index is 0.000000397. The van der Waals surface area contributed by atoms with Crippen molar-refractivity contribution < 1.29 is 69.0 Å². The van der Waals surface area contributed by atoms with Gasteiger partial charge in [-0.15, -0.1) is 0 Å². The predicted octanol–water partition coefficient (Wildman–Crippen LogP) is 14.1. The predicted molar refractivity (Wildman–Crippen MR) is 219 cm³/mol. The van der Waals surface area contributed by atoms with E-state index in [0.717, 1.165) is 26.2 Å². The van der Waals surface area contributed by atoms with Crippen molar-refractivity contribution in [1.29, 1.82) is 0 Å². The number of hydrogen-bond acceptors (Lipinski definition) is 2. The van der Waals surface area contributed by atoms with Gasteiger partial charge in [-0.3, -0.25) is 0 Å². The first-order valence-electron chi connectivity index (χ1n) is 18.9. The summed E-state index contributed by atoms with van der Waals surface area (Å²) < 4.78 is 139. The molecule has 0 aliphatic heterocycles. The Morgan fingerprint density at radius 1 is 0.403 bits per heavy atom. The summed E-state index contributed by atoms with van der Waals surface area (Å²) in [7, 11) is -21.3. The Kier molecular flexibility index (Phi) is 12.3. The molecule has 334 valence electrons. The monoisotopic (exact) mass is 922 g/mol. The molecular weight excluding hydrogens is 882 g/mol. The maximum absolute atomic E-state index is 10.7. The molecule has 0 N–H and O–H groups in total. The third kappa shape index (κ3) is 15.9. The number of ether oxygens (including phenoxy) is 2. The summed E-state index contributed by atoms with van der Waals surface area (Å²) in [6, 6.07) is 39.3. The molecule has 0 radical (unpaired) electrons. The van der Waals surface area contributed by atoms with Gasteiger partial charge in [0.05, 0.1) is 26.4 Å². The normalized spacial score (nSPS) is 14.3. The van der Waals surface area contributed by atoms with Crippen LogP contribution in [0.5, 0.6) is 0 Å². The second kappa shape index (κ2) is 16.4. The van der Waals surface area contributed by atoms with Gasteiger partial charge in [0.25, 0.3) is 0 Å². The van der Waals surface area contributed by atoms with Crippen LogP contribution in [0.15, 0.2) is 147 Å². The van der Waals surface area contributed by atoms with Crippen molar-refractivity contribution in [1.82, 2.24) is 9.13 Å². The Hall–Kier alpha value is -5.28. The van der Waals surface area contributed by atoms with Crippen LogP contribution in [-0.2, 0) is 35.7 Å². The van der Waals surface area contributed by atoms with E-state index in [1.165, 1.54) is 54.2 Å². The molecule has 8 rings (SSSR count). The Morgan fingerprint density at radius 3 is 0.968 bits per heavy atom. The van der Waals surface area contributed by atoms with E-state index in [4.69, 9.17) is 9.47 Å². The third-order valence-corrected chi connectivity index (χ3v) is 9.30. The van der Waals surface area contributed by atoms with E-state index >= 15 is 0 Å². The number of rotatable bonds is 13. The Bertz CT molecular complexity index is 2510. The molecule has 2 heterocycles. The first kappa shape index (κ1) is 46.2. The van der Waals surface area contributed by atoms with Crippen molar-refractivity contribution in [3.63, 3.8) is 0 Å². The standard InChI is InChI=1S/C42H40N4O2.2F6P/c1-5-13-37-33(9-1)27-34-10-2-6-14-38(34)41(37)29-45-19-17-43(31-45)21-23-47-25-26-48-24-22-44-18-20-46(32-44)30-42-39-15-7-3-11-35(39)28-36-12-4-8-16-40(36)42;2*1-7(2,3,4,5)6/h1-20,27-28,31-32H,21-26,29-30H2;;/q+2;2*-1. The van der Waals surface area contributed by atoms with E-state index in [1.807, 2.05) is 0 Å². The van der Waals surface area contributed by atoms with Crippen LogP contribution in [0.4, 0.5) is 50.4 Å². The summed E-state index contributed by atoms with van der Waals surface area (Å²) in [6.45, 7) is 5.73. The molecule has 0 atom stereocenters. The van der Waals surface area contributed by atoms with Crippen LogP contribution in [0.25, 0.3) is 43.1 Å². The van der Waals surface area contributed by atoms with Crippen LogP contribution in [0.1, 0.15) is 11.1 Å². The van der Waals surface area contributed by atoms with Gasteiger partial charge >= 0.3 is 66.0 Å². The number of aromatic nitrogens is 4. The molecule has 0 saturated heterocycles. The molecule has 20 heteroatoms. The largest absolute Gasteiger partial charge is 0.375 e. The Labute approximate surface area is 346 Å². The van der Waals surface area contributed by atoms with Crippen LogP contribution < -0.4 is 9.13 Å². The van der Waals surface area contributed by atoms with E-state index in [9.17, 15) is 50.4 Å². The average molecular weight is 923 g/mol. The van der Waals surface area contributed by atoms with Crippen molar-refractivity contribution >= 4 is 58.7 Å². The summed E-state index contributed by atoms with van der Waals surface area (Å²) in [5.74, 6) is 0. The zero-order valence-corrected chi connectivity index (χ0v) is 34.3. The minimum absolute atomic E-state index is 0.586. The van der Waals surface area contributed by atoms with Crippen LogP contribution in [0.2, 0.25) is 0 Å². The van der Waals surface area contributed by atoms with Crippen molar-refractivity contribution in [2.45, 2.75) is 26.2 Å². The SMILES string of the molecule is F[P-](F)(F)(F)(F)F.F[P-](F)(F)(F)(F)F.c1ccc2c(C[n+]3ccn(CCOCCOCCn4cc[n+](Cc5c6ccccc6cc6ccccc56)c4)c3)c3ccccc3cc2c1. The van der Waals surface area contributed by atoms with Gasteiger partial charge in [-0.05, 0) is 55.2 Å². The number of benzene rings is 6. The van der Waals surface area contributed by atoms with Crippen molar-refractivity contribution in [2.24, 2.45) is 0 Å². The maximum Gasteiger partial charge on any atom is 0.244 e. The van der Waals surface area contributed by atoms with Crippen LogP contribution >= 0.6 is 15.6 Å². The van der Waals surface area contributed by atoms with Gasteiger partial charge in [0.15, 0.2) is 0 Å². The fourth-order valence-electron chi connectivity index (χ4n) is 6.91. The second-order valence-corrected chi connectivity index (χ2v) is 18.2. The molecule has 0 unspecified atom stereocenters. The van der Waals surface area contributed by atoms with Gasteiger partial charge in [0.1, 0.15) is 51.0 Å². The molecule has 0 amide bonds. The summed E-state index contributed by atoms with van der Waals surface area (Å²) >= 11 is 0. The fraction of sp³-hybridized carbons (Fsp3) is 0.190. The van der Waals surface area contributed by atoms with E-state index in [0.29, 0.717) is 26.4 Å². The van der Waals surface area contributed by atoms with Gasteiger partial charge in [0, 0.05) is 11.1 Å². The summed E-state index contributed by atoms with van der Waals surface area (Å²) in [4.78, 5) is 0. The molecule has 6 nitrogen and oxygen atoms in total. The fourth-order valence-corrected chi connectivity index (χ4v) is 6.91. The Morgan fingerprint density at radius 2 is 0.677 bits per heavy atom. The van der Waals surface area contributed by atoms with Gasteiger partial charge in [-0.1, -0.05) is 97.1 Å². The molecule has 0 fully saturated rings. The van der Waals surface area contributed by atoms with Gasteiger partial charge in [-0.2, -0.15) is 0 Å². The minimum Gasteiger partial charge on any atom is -0.375 e. The zero-order chi connectivity index (χ0) is 44.9. The summed E-state index contributed by atoms with van der Waals surface area (Å²) in [5, 5.41) is 10.4. The van der Waals surface area contributed by atoms with E-state index in [2.05, 4.69) is 165 Å². The molecule has 62 heavy (non-hydrogen) atoms. The molecule has 0 aliphatic rings. The van der Waals surface area contributed by atoms with Crippen LogP contribution in [0, 0.1) is 0 Å². The number of imidazole rings is 2. The minimum atomic E-state index is -10.7. The van der Waals surface area contributed by atoms with Crippen molar-refractivity contribution in [2.75, 3.05) is 26.4 Å². The molecule has 0 saturated carbocycles. The molecule has 6 aromatic carbocycles. The van der Waals surface area contributed by atoms with Gasteiger partial charge in [0.2, 0.25) is 12.7 Å². The molecule has 0 bridgehead atoms. The van der Waals surface area contributed by atoms with Crippen molar-refractivity contribution in [3.8, 4) is 0 Å². The smallest absolute Gasteiger partial charge is 0.244 e. The zero-order valence-electron chi connectivity index (χ0n) is 32.5.